The zero-order valence-electron chi connectivity index (χ0n) is 23.3. The van der Waals surface area contributed by atoms with Gasteiger partial charge in [0.15, 0.2) is 6.10 Å². The molecule has 0 aliphatic carbocycles. The van der Waals surface area contributed by atoms with Gasteiger partial charge in [-0.1, -0.05) is 72.8 Å². The monoisotopic (exact) mass is 576 g/mol. The van der Waals surface area contributed by atoms with Crippen molar-refractivity contribution in [1.29, 1.82) is 0 Å². The van der Waals surface area contributed by atoms with Crippen molar-refractivity contribution >= 4 is 23.8 Å². The number of rotatable bonds is 15. The molecule has 42 heavy (non-hydrogen) atoms. The van der Waals surface area contributed by atoms with Crippen molar-refractivity contribution in [3.05, 3.63) is 102 Å². The van der Waals surface area contributed by atoms with Crippen molar-refractivity contribution in [3.63, 3.8) is 0 Å². The minimum absolute atomic E-state index is 0.104. The van der Waals surface area contributed by atoms with Crippen molar-refractivity contribution in [1.82, 2.24) is 16.0 Å². The van der Waals surface area contributed by atoms with Crippen molar-refractivity contribution in [2.75, 3.05) is 13.7 Å². The maximum atomic E-state index is 13.6. The van der Waals surface area contributed by atoms with Crippen LogP contribution in [0, 0.1) is 0 Å². The molecule has 3 aromatic rings. The number of ether oxygens (including phenoxy) is 2. The van der Waals surface area contributed by atoms with Gasteiger partial charge in [0.25, 0.3) is 5.91 Å². The molecule has 6 N–H and O–H groups in total. The first-order valence-electron chi connectivity index (χ1n) is 13.4. The summed E-state index contributed by atoms with van der Waals surface area (Å²) in [5, 5.41) is 19.2. The number of amides is 4. The normalized spacial score (nSPS) is 12.7. The highest BCUT2D eigenvalue weighted by Gasteiger charge is 2.31. The van der Waals surface area contributed by atoms with E-state index in [-0.39, 0.29) is 32.4 Å². The summed E-state index contributed by atoms with van der Waals surface area (Å²) in [7, 11) is 1.54. The first kappa shape index (κ1) is 31.6. The number of hydrogen-bond acceptors (Lipinski definition) is 7. The average molecular weight is 577 g/mol. The summed E-state index contributed by atoms with van der Waals surface area (Å²) < 4.78 is 9.82. The summed E-state index contributed by atoms with van der Waals surface area (Å²) in [5.41, 5.74) is 7.32. The van der Waals surface area contributed by atoms with Gasteiger partial charge in [-0.15, -0.1) is 0 Å². The van der Waals surface area contributed by atoms with E-state index < -0.39 is 42.0 Å². The predicted molar refractivity (Wildman–Crippen MR) is 155 cm³/mol. The fourth-order valence-electron chi connectivity index (χ4n) is 4.18. The van der Waals surface area contributed by atoms with Crippen LogP contribution < -0.4 is 26.4 Å². The van der Waals surface area contributed by atoms with Gasteiger partial charge in [-0.05, 0) is 35.2 Å². The highest BCUT2D eigenvalue weighted by Crippen LogP contribution is 2.14. The van der Waals surface area contributed by atoms with Crippen LogP contribution in [-0.2, 0) is 38.5 Å². The van der Waals surface area contributed by atoms with Gasteiger partial charge in [-0.2, -0.15) is 0 Å². The number of nitrogens with one attached hydrogen (secondary N) is 3. The number of methoxy groups -OCH3 is 1. The van der Waals surface area contributed by atoms with Crippen molar-refractivity contribution < 1.29 is 33.8 Å². The van der Waals surface area contributed by atoms with Crippen LogP contribution >= 0.6 is 0 Å². The second-order valence-electron chi connectivity index (χ2n) is 9.54. The fraction of sp³-hybridized carbons (Fsp3) is 0.290. The average Bonchev–Trinajstić information content (AvgIpc) is 3.00. The van der Waals surface area contributed by atoms with E-state index >= 15 is 0 Å². The molecule has 222 valence electrons. The number of hydrogen-bond donors (Lipinski definition) is 5. The van der Waals surface area contributed by atoms with Gasteiger partial charge in [-0.3, -0.25) is 14.4 Å². The molecule has 0 radical (unpaired) electrons. The number of nitrogens with two attached hydrogens (primary N) is 1. The number of aliphatic hydroxyl groups excluding tert-OH is 1. The smallest absolute Gasteiger partial charge is 0.404 e. The van der Waals surface area contributed by atoms with Crippen LogP contribution in [0.4, 0.5) is 4.79 Å². The quantitative estimate of drug-likeness (QED) is 0.183. The van der Waals surface area contributed by atoms with E-state index in [0.717, 1.165) is 16.7 Å². The van der Waals surface area contributed by atoms with Crippen LogP contribution in [0.1, 0.15) is 23.1 Å². The minimum atomic E-state index is -1.58. The number of primary amides is 1. The second kappa shape index (κ2) is 16.4. The lowest BCUT2D eigenvalue weighted by atomic mass is 9.99. The van der Waals surface area contributed by atoms with E-state index in [1.54, 1.807) is 24.3 Å². The van der Waals surface area contributed by atoms with Crippen LogP contribution in [-0.4, -0.2) is 60.8 Å². The van der Waals surface area contributed by atoms with E-state index in [1.807, 2.05) is 60.7 Å². The molecule has 11 heteroatoms. The summed E-state index contributed by atoms with van der Waals surface area (Å²) in [6.45, 7) is -0.0543. The molecule has 0 saturated heterocycles. The molecule has 0 heterocycles. The van der Waals surface area contributed by atoms with Crippen LogP contribution in [0.25, 0.3) is 0 Å². The summed E-state index contributed by atoms with van der Waals surface area (Å²) >= 11 is 0. The van der Waals surface area contributed by atoms with E-state index in [9.17, 15) is 24.3 Å². The van der Waals surface area contributed by atoms with Gasteiger partial charge in [-0.25, -0.2) is 4.79 Å². The summed E-state index contributed by atoms with van der Waals surface area (Å²) in [4.78, 5) is 50.0. The molecule has 3 atom stereocenters. The number of aliphatic hydroxyl groups is 1. The van der Waals surface area contributed by atoms with Crippen LogP contribution in [0.5, 0.6) is 5.75 Å². The van der Waals surface area contributed by atoms with Crippen LogP contribution in [0.2, 0.25) is 0 Å². The molecular formula is C31H36N4O7. The second-order valence-corrected chi connectivity index (χ2v) is 9.54. The topological polar surface area (TPSA) is 169 Å². The first-order chi connectivity index (χ1) is 20.2. The van der Waals surface area contributed by atoms with Gasteiger partial charge in [0.1, 0.15) is 18.4 Å². The van der Waals surface area contributed by atoms with Gasteiger partial charge in [0.05, 0.1) is 19.6 Å². The molecule has 3 aromatic carbocycles. The predicted octanol–water partition coefficient (Wildman–Crippen LogP) is 1.61. The Hall–Kier alpha value is -4.90. The number of carbonyl (C=O) groups excluding carboxylic acids is 4. The Morgan fingerprint density at radius 2 is 1.38 bits per heavy atom. The Morgan fingerprint density at radius 3 is 1.98 bits per heavy atom. The third kappa shape index (κ3) is 10.6. The molecule has 0 unspecified atom stereocenters. The molecule has 0 aliphatic rings. The zero-order valence-corrected chi connectivity index (χ0v) is 23.3. The summed E-state index contributed by atoms with van der Waals surface area (Å²) in [6, 6.07) is 23.2. The highest BCUT2D eigenvalue weighted by atomic mass is 16.5. The van der Waals surface area contributed by atoms with Gasteiger partial charge in [0, 0.05) is 13.0 Å². The molecule has 0 aromatic heterocycles. The number of benzene rings is 3. The van der Waals surface area contributed by atoms with Crippen LogP contribution in [0.15, 0.2) is 84.9 Å². The molecule has 11 nitrogen and oxygen atoms in total. The minimum Gasteiger partial charge on any atom is -0.497 e. The molecule has 0 saturated carbocycles. The Morgan fingerprint density at radius 1 is 0.786 bits per heavy atom. The van der Waals surface area contributed by atoms with Crippen molar-refractivity contribution in [3.8, 4) is 5.75 Å². The van der Waals surface area contributed by atoms with E-state index in [0.29, 0.717) is 5.75 Å². The lowest BCUT2D eigenvalue weighted by molar-refractivity contribution is -0.134. The molecule has 4 amide bonds. The lowest BCUT2D eigenvalue weighted by Gasteiger charge is -2.27. The van der Waals surface area contributed by atoms with Gasteiger partial charge < -0.3 is 36.3 Å². The number of carbonyl (C=O) groups is 4. The Bertz CT molecular complexity index is 1300. The van der Waals surface area contributed by atoms with Gasteiger partial charge in [0.2, 0.25) is 11.8 Å². The molecule has 0 fully saturated rings. The zero-order chi connectivity index (χ0) is 30.3. The van der Waals surface area contributed by atoms with Crippen LogP contribution in [0.3, 0.4) is 0 Å². The molecule has 3 rings (SSSR count). The maximum absolute atomic E-state index is 13.6. The van der Waals surface area contributed by atoms with Gasteiger partial charge >= 0.3 is 6.09 Å². The standard InChI is InChI=1S/C31H36N4O7/c1-41-24-14-12-22(13-15-24)19-26(34-27(36)16-17-42-31(32)40)29(38)35-25(18-21-8-4-2-5-9-21)28(37)30(39)33-20-23-10-6-3-7-11-23/h2-15,25-26,28,37H,16-20H2,1H3,(H2,32,40)(H,33,39)(H,34,36)(H,35,38)/t25-,26-,28-/m0/s1. The maximum Gasteiger partial charge on any atom is 0.404 e. The third-order valence-electron chi connectivity index (χ3n) is 6.41. The largest absolute Gasteiger partial charge is 0.497 e. The SMILES string of the molecule is COc1ccc(C[C@H](NC(=O)CCOC(N)=O)C(=O)N[C@@H](Cc2ccccc2)[C@H](O)C(=O)NCc2ccccc2)cc1. The summed E-state index contributed by atoms with van der Waals surface area (Å²) in [5.74, 6) is -1.18. The lowest BCUT2D eigenvalue weighted by Crippen LogP contribution is -2.56. The highest BCUT2D eigenvalue weighted by molar-refractivity contribution is 5.89. The van der Waals surface area contributed by atoms with E-state index in [2.05, 4.69) is 20.7 Å². The fourth-order valence-corrected chi connectivity index (χ4v) is 4.18. The summed E-state index contributed by atoms with van der Waals surface area (Å²) in [6.07, 6.45) is -2.56. The third-order valence-corrected chi connectivity index (χ3v) is 6.41. The molecule has 0 aliphatic heterocycles. The van der Waals surface area contributed by atoms with Crippen molar-refractivity contribution in [2.45, 2.75) is 44.0 Å². The Kier molecular flexibility index (Phi) is 12.3. The first-order valence-corrected chi connectivity index (χ1v) is 13.4. The van der Waals surface area contributed by atoms with E-state index in [1.165, 1.54) is 7.11 Å². The van der Waals surface area contributed by atoms with E-state index in [4.69, 9.17) is 10.5 Å². The Balaban J connectivity index is 1.77. The molecule has 0 spiro atoms. The Labute approximate surface area is 244 Å². The molecular weight excluding hydrogens is 540 g/mol. The molecule has 0 bridgehead atoms. The van der Waals surface area contributed by atoms with Crippen molar-refractivity contribution in [2.24, 2.45) is 5.73 Å².